The van der Waals surface area contributed by atoms with Crippen LogP contribution in [0.4, 0.5) is 0 Å². The second-order valence-corrected chi connectivity index (χ2v) is 31.2. The first-order chi connectivity index (χ1) is 12.5. The van der Waals surface area contributed by atoms with Gasteiger partial charge in [0.15, 0.2) is 0 Å². The Morgan fingerprint density at radius 1 is 1.07 bits per heavy atom. The van der Waals surface area contributed by atoms with E-state index in [0.29, 0.717) is 0 Å². The van der Waals surface area contributed by atoms with Gasteiger partial charge in [-0.25, -0.2) is 0 Å². The second-order valence-electron chi connectivity index (χ2n) is 5.44. The zero-order valence-corrected chi connectivity index (χ0v) is 24.6. The van der Waals surface area contributed by atoms with Gasteiger partial charge in [-0.05, 0) is 0 Å². The molecule has 0 amide bonds. The van der Waals surface area contributed by atoms with Gasteiger partial charge in [-0.1, -0.05) is 0 Å². The van der Waals surface area contributed by atoms with Gasteiger partial charge in [0.05, 0.1) is 0 Å². The molecule has 0 aliphatic carbocycles. The van der Waals surface area contributed by atoms with Gasteiger partial charge in [0, 0.05) is 0 Å². The summed E-state index contributed by atoms with van der Waals surface area (Å²) in [6.45, 7) is 0. The minimum Gasteiger partial charge on any atom is -1.00 e. The van der Waals surface area contributed by atoms with E-state index in [1.54, 1.807) is 11.8 Å². The molecule has 0 saturated heterocycles. The first kappa shape index (κ1) is 22.5. The van der Waals surface area contributed by atoms with Crippen LogP contribution in [0.3, 0.4) is 0 Å². The van der Waals surface area contributed by atoms with Gasteiger partial charge in [-0.15, -0.1) is 0 Å². The number of thioether (sulfide) groups is 1. The molecule has 1 aliphatic heterocycles. The maximum absolute atomic E-state index is 5.06. The molecule has 1 aliphatic rings. The fourth-order valence-corrected chi connectivity index (χ4v) is 24.0. The molecule has 0 N–H and O–H groups in total. The molecule has 2 heterocycles. The third kappa shape index (κ3) is 4.34. The predicted octanol–water partition coefficient (Wildman–Crippen LogP) is 3.09. The fraction of sp³-hybridized carbons (Fsp3) is 0.0588. The standard InChI is InChI=1S/C17H12Br4N3STe.BrH/c18-10-15-11-25-17-23(14-7-2-1-3-8-14)16(22-24(17)26(15,20)21)12-5-4-6-13(19)9-12;/h1-9,11H,10H2;1H/q+1;/p-1. The number of hydrogen-bond acceptors (Lipinski definition) is 2. The maximum Gasteiger partial charge on any atom is -1.00 e. The van der Waals surface area contributed by atoms with Crippen LogP contribution in [-0.4, -0.2) is 27.4 Å². The normalized spacial score (nSPS) is 16.1. The molecule has 142 valence electrons. The summed E-state index contributed by atoms with van der Waals surface area (Å²) in [5.41, 5.74) is 2.18. The number of benzene rings is 2. The van der Waals surface area contributed by atoms with Crippen molar-refractivity contribution in [2.75, 3.05) is 5.33 Å². The van der Waals surface area contributed by atoms with Crippen LogP contribution in [0, 0.1) is 0 Å². The molecule has 0 spiro atoms. The van der Waals surface area contributed by atoms with E-state index >= 15 is 0 Å². The fourth-order valence-electron chi connectivity index (χ4n) is 2.61. The Labute approximate surface area is 205 Å². The molecule has 0 atom stereocenters. The SMILES string of the molecule is BrCC1=CSc2n(nc(-c3cccc(Br)c3)[n+]2-c2ccccc2)[Te]1(Br)Br.[Br-]. The van der Waals surface area contributed by atoms with E-state index in [9.17, 15) is 0 Å². The molecule has 0 saturated carbocycles. The van der Waals surface area contributed by atoms with Crippen LogP contribution in [0.1, 0.15) is 0 Å². The van der Waals surface area contributed by atoms with E-state index in [0.717, 1.165) is 32.0 Å². The summed E-state index contributed by atoms with van der Waals surface area (Å²) in [6, 6.07) is 18.7. The van der Waals surface area contributed by atoms with Crippen LogP contribution in [0.5, 0.6) is 0 Å². The largest absolute Gasteiger partial charge is 1.00 e. The molecule has 2 aromatic carbocycles. The van der Waals surface area contributed by atoms with Gasteiger partial charge in [-0.3, -0.25) is 0 Å². The van der Waals surface area contributed by atoms with Crippen LogP contribution in [0.25, 0.3) is 17.1 Å². The van der Waals surface area contributed by atoms with Crippen LogP contribution < -0.4 is 21.5 Å². The number of allylic oxidation sites excluding steroid dienone is 1. The number of fused-ring (bicyclic) bond motifs is 1. The van der Waals surface area contributed by atoms with Crippen LogP contribution >= 0.6 is 69.1 Å². The Morgan fingerprint density at radius 2 is 1.81 bits per heavy atom. The Kier molecular flexibility index (Phi) is 7.80. The van der Waals surface area contributed by atoms with Gasteiger partial charge in [-0.2, -0.15) is 0 Å². The first-order valence-electron chi connectivity index (χ1n) is 7.53. The molecule has 1 aromatic heterocycles. The number of halogens is 5. The van der Waals surface area contributed by atoms with E-state index in [4.69, 9.17) is 5.10 Å². The van der Waals surface area contributed by atoms with Gasteiger partial charge < -0.3 is 17.0 Å². The summed E-state index contributed by atoms with van der Waals surface area (Å²) in [4.78, 5) is 0. The Bertz CT molecular complexity index is 1010. The van der Waals surface area contributed by atoms with Crippen molar-refractivity contribution in [3.63, 3.8) is 0 Å². The summed E-state index contributed by atoms with van der Waals surface area (Å²) in [5.74, 6) is 0.929. The molecular formula is C17H12Br5N3STe. The molecule has 0 radical (unpaired) electrons. The monoisotopic (exact) mass is 815 g/mol. The maximum atomic E-state index is 5.06. The molecular weight excluding hydrogens is 805 g/mol. The summed E-state index contributed by atoms with van der Waals surface area (Å²) in [6.07, 6.45) is 0. The van der Waals surface area contributed by atoms with Crippen LogP contribution in [-0.2, 0) is 0 Å². The van der Waals surface area contributed by atoms with Gasteiger partial charge in [0.1, 0.15) is 0 Å². The first-order valence-corrected chi connectivity index (χ1v) is 23.0. The van der Waals surface area contributed by atoms with E-state index in [1.807, 2.05) is 18.2 Å². The van der Waals surface area contributed by atoms with Crippen LogP contribution in [0.2, 0.25) is 0 Å². The van der Waals surface area contributed by atoms with Crippen molar-refractivity contribution in [3.8, 4) is 17.1 Å². The molecule has 0 unspecified atom stereocenters. The van der Waals surface area contributed by atoms with Crippen molar-refractivity contribution in [3.05, 3.63) is 68.1 Å². The zero-order chi connectivity index (χ0) is 18.3. The Hall–Kier alpha value is 0.860. The molecule has 10 heteroatoms. The van der Waals surface area contributed by atoms with Crippen molar-refractivity contribution in [1.29, 1.82) is 0 Å². The third-order valence-electron chi connectivity index (χ3n) is 3.81. The molecule has 27 heavy (non-hydrogen) atoms. The van der Waals surface area contributed by atoms with E-state index in [2.05, 4.69) is 107 Å². The topological polar surface area (TPSA) is 21.7 Å². The number of para-hydroxylation sites is 1. The zero-order valence-electron chi connectivity index (χ0n) is 13.5. The number of rotatable bonds is 3. The predicted molar refractivity (Wildman–Crippen MR) is 124 cm³/mol. The molecule has 0 bridgehead atoms. The van der Waals surface area contributed by atoms with Crippen molar-refractivity contribution < 1.29 is 21.5 Å². The Morgan fingerprint density at radius 3 is 2.48 bits per heavy atom. The smallest absolute Gasteiger partial charge is 1.00 e. The minimum absolute atomic E-state index is 0. The number of alkyl halides is 1. The molecule has 0 fully saturated rings. The Balaban J connectivity index is 0.00000210. The summed E-state index contributed by atoms with van der Waals surface area (Å²) >= 11 is 14.1. The number of hydrogen-bond donors (Lipinski definition) is 0. The quantitative estimate of drug-likeness (QED) is 0.231. The van der Waals surface area contributed by atoms with Gasteiger partial charge in [0.2, 0.25) is 0 Å². The summed E-state index contributed by atoms with van der Waals surface area (Å²) in [7, 11) is 0. The second kappa shape index (κ2) is 9.34. The number of nitrogens with zero attached hydrogens (tertiary/aromatic N) is 3. The molecule has 3 nitrogen and oxygen atoms in total. The van der Waals surface area contributed by atoms with E-state index in [1.165, 1.54) is 3.62 Å². The third-order valence-corrected chi connectivity index (χ3v) is 21.6. The minimum atomic E-state index is -2.86. The average molecular weight is 817 g/mol. The van der Waals surface area contributed by atoms with E-state index < -0.39 is 14.0 Å². The summed E-state index contributed by atoms with van der Waals surface area (Å²) < 4.78 is 6.79. The van der Waals surface area contributed by atoms with Crippen molar-refractivity contribution >= 4 is 83.2 Å². The van der Waals surface area contributed by atoms with Crippen LogP contribution in [0.15, 0.2) is 73.3 Å². The van der Waals surface area contributed by atoms with Gasteiger partial charge in [0.25, 0.3) is 0 Å². The molecule has 4 rings (SSSR count). The van der Waals surface area contributed by atoms with Crippen molar-refractivity contribution in [1.82, 2.24) is 8.03 Å². The van der Waals surface area contributed by atoms with Crippen molar-refractivity contribution in [2.24, 2.45) is 0 Å². The average Bonchev–Trinajstić information content (AvgIpc) is 3.03. The van der Waals surface area contributed by atoms with Gasteiger partial charge >= 0.3 is 191 Å². The number of aromatic nitrogens is 3. The van der Waals surface area contributed by atoms with E-state index in [-0.39, 0.29) is 17.0 Å². The molecule has 3 aromatic rings. The van der Waals surface area contributed by atoms with Crippen molar-refractivity contribution in [2.45, 2.75) is 5.16 Å². The summed E-state index contributed by atoms with van der Waals surface area (Å²) in [5, 5.41) is 9.22.